The third-order valence-electron chi connectivity index (χ3n) is 3.70. The van der Waals surface area contributed by atoms with Crippen LogP contribution >= 0.6 is 22.9 Å². The summed E-state index contributed by atoms with van der Waals surface area (Å²) in [4.78, 5) is 4.58. The average Bonchev–Trinajstić information content (AvgIpc) is 3.29. The first-order chi connectivity index (χ1) is 12.2. The van der Waals surface area contributed by atoms with Gasteiger partial charge in [-0.1, -0.05) is 35.9 Å². The molecule has 2 aromatic carbocycles. The molecular formula is C19H11ClN2O2S. The number of ether oxygens (including phenoxy) is 2. The highest BCUT2D eigenvalue weighted by atomic mass is 35.5. The molecule has 4 nitrogen and oxygen atoms in total. The van der Waals surface area contributed by atoms with Crippen LogP contribution < -0.4 is 9.47 Å². The number of aromatic nitrogens is 1. The molecule has 3 aromatic rings. The fourth-order valence-electron chi connectivity index (χ4n) is 2.54. The zero-order valence-electron chi connectivity index (χ0n) is 12.9. The number of hydrogen-bond donors (Lipinski definition) is 0. The van der Waals surface area contributed by atoms with Crippen molar-refractivity contribution in [2.24, 2.45) is 0 Å². The van der Waals surface area contributed by atoms with Gasteiger partial charge in [-0.05, 0) is 24.3 Å². The van der Waals surface area contributed by atoms with E-state index in [1.54, 1.807) is 6.08 Å². The highest BCUT2D eigenvalue weighted by molar-refractivity contribution is 7.11. The van der Waals surface area contributed by atoms with Crippen LogP contribution in [0.3, 0.4) is 0 Å². The van der Waals surface area contributed by atoms with E-state index in [1.165, 1.54) is 11.3 Å². The molecule has 0 radical (unpaired) electrons. The minimum atomic E-state index is 0.193. The van der Waals surface area contributed by atoms with Crippen molar-refractivity contribution in [1.82, 2.24) is 4.98 Å². The molecule has 0 amide bonds. The number of rotatable bonds is 3. The minimum absolute atomic E-state index is 0.193. The second-order valence-corrected chi connectivity index (χ2v) is 6.59. The van der Waals surface area contributed by atoms with Gasteiger partial charge in [-0.2, -0.15) is 5.26 Å². The lowest BCUT2D eigenvalue weighted by molar-refractivity contribution is 0.174. The van der Waals surface area contributed by atoms with Gasteiger partial charge in [0.15, 0.2) is 11.5 Å². The molecule has 0 spiro atoms. The quantitative estimate of drug-likeness (QED) is 0.593. The van der Waals surface area contributed by atoms with Crippen LogP contribution in [0.2, 0.25) is 5.02 Å². The molecule has 0 saturated carbocycles. The molecule has 2 heterocycles. The third kappa shape index (κ3) is 3.10. The summed E-state index contributed by atoms with van der Waals surface area (Å²) in [5.41, 5.74) is 2.99. The normalized spacial score (nSPS) is 12.9. The van der Waals surface area contributed by atoms with E-state index in [2.05, 4.69) is 11.1 Å². The molecule has 0 N–H and O–H groups in total. The van der Waals surface area contributed by atoms with E-state index in [0.717, 1.165) is 16.8 Å². The van der Waals surface area contributed by atoms with Crippen LogP contribution in [0.15, 0.2) is 47.8 Å². The van der Waals surface area contributed by atoms with Crippen LogP contribution in [0.25, 0.3) is 22.9 Å². The molecule has 0 saturated heterocycles. The number of hydrogen-bond acceptors (Lipinski definition) is 5. The Bertz CT molecular complexity index is 1020. The molecule has 1 aliphatic heterocycles. The van der Waals surface area contributed by atoms with E-state index >= 15 is 0 Å². The van der Waals surface area contributed by atoms with Crippen molar-refractivity contribution < 1.29 is 9.47 Å². The largest absolute Gasteiger partial charge is 0.454 e. The van der Waals surface area contributed by atoms with Crippen LogP contribution in [0, 0.1) is 11.3 Å². The highest BCUT2D eigenvalue weighted by Gasteiger charge is 2.17. The Kier molecular flexibility index (Phi) is 4.14. The fraction of sp³-hybridized carbons (Fsp3) is 0.0526. The average molecular weight is 367 g/mol. The molecule has 122 valence electrons. The van der Waals surface area contributed by atoms with E-state index in [0.29, 0.717) is 27.1 Å². The lowest BCUT2D eigenvalue weighted by Crippen LogP contribution is -1.93. The zero-order chi connectivity index (χ0) is 17.2. The molecule has 0 unspecified atom stereocenters. The van der Waals surface area contributed by atoms with E-state index in [4.69, 9.17) is 21.1 Å². The second kappa shape index (κ2) is 6.60. The number of para-hydroxylation sites is 1. The predicted octanol–water partition coefficient (Wildman–Crippen LogP) is 5.26. The molecule has 0 fully saturated rings. The Morgan fingerprint density at radius 1 is 1.24 bits per heavy atom. The summed E-state index contributed by atoms with van der Waals surface area (Å²) in [6.07, 6.45) is 1.77. The van der Waals surface area contributed by atoms with Crippen molar-refractivity contribution >= 4 is 34.6 Å². The van der Waals surface area contributed by atoms with E-state index in [9.17, 15) is 5.26 Å². The molecule has 0 aliphatic carbocycles. The van der Waals surface area contributed by atoms with E-state index < -0.39 is 0 Å². The van der Waals surface area contributed by atoms with Gasteiger partial charge >= 0.3 is 0 Å². The molecule has 6 heteroatoms. The van der Waals surface area contributed by atoms with Crippen LogP contribution in [-0.4, -0.2) is 11.8 Å². The zero-order valence-corrected chi connectivity index (χ0v) is 14.5. The second-order valence-electron chi connectivity index (χ2n) is 5.30. The van der Waals surface area contributed by atoms with Gasteiger partial charge in [0.1, 0.15) is 11.1 Å². The molecule has 1 aliphatic rings. The SMILES string of the molecule is N#C/C(=C\c1cccc2c1OCO2)c1nc(-c2cccc(Cl)c2)cs1. The van der Waals surface area contributed by atoms with Crippen LogP contribution in [-0.2, 0) is 0 Å². The summed E-state index contributed by atoms with van der Waals surface area (Å²) >= 11 is 7.46. The third-order valence-corrected chi connectivity index (χ3v) is 4.81. The summed E-state index contributed by atoms with van der Waals surface area (Å²) < 4.78 is 10.9. The van der Waals surface area contributed by atoms with Crippen molar-refractivity contribution in [2.45, 2.75) is 0 Å². The van der Waals surface area contributed by atoms with Gasteiger partial charge in [-0.15, -0.1) is 11.3 Å². The van der Waals surface area contributed by atoms with Crippen molar-refractivity contribution in [3.63, 3.8) is 0 Å². The molecule has 4 rings (SSSR count). The molecular weight excluding hydrogens is 356 g/mol. The highest BCUT2D eigenvalue weighted by Crippen LogP contribution is 2.37. The van der Waals surface area contributed by atoms with Gasteiger partial charge in [0.05, 0.1) is 11.3 Å². The van der Waals surface area contributed by atoms with Crippen molar-refractivity contribution in [2.75, 3.05) is 6.79 Å². The first kappa shape index (κ1) is 15.7. The van der Waals surface area contributed by atoms with Gasteiger partial charge in [0.2, 0.25) is 6.79 Å². The van der Waals surface area contributed by atoms with Gasteiger partial charge in [0.25, 0.3) is 0 Å². The summed E-state index contributed by atoms with van der Waals surface area (Å²) in [6, 6.07) is 15.3. The van der Waals surface area contributed by atoms with Gasteiger partial charge < -0.3 is 9.47 Å². The van der Waals surface area contributed by atoms with Crippen LogP contribution in [0.1, 0.15) is 10.6 Å². The molecule has 0 bridgehead atoms. The number of nitriles is 1. The van der Waals surface area contributed by atoms with Crippen molar-refractivity contribution in [3.05, 3.63) is 63.4 Å². The minimum Gasteiger partial charge on any atom is -0.454 e. The Hall–Kier alpha value is -2.81. The molecule has 0 atom stereocenters. The lowest BCUT2D eigenvalue weighted by Gasteiger charge is -2.01. The Morgan fingerprint density at radius 3 is 2.96 bits per heavy atom. The Balaban J connectivity index is 1.71. The van der Waals surface area contributed by atoms with E-state index in [-0.39, 0.29) is 6.79 Å². The first-order valence-electron chi connectivity index (χ1n) is 7.47. The molecule has 25 heavy (non-hydrogen) atoms. The topological polar surface area (TPSA) is 55.1 Å². The number of fused-ring (bicyclic) bond motifs is 1. The number of allylic oxidation sites excluding steroid dienone is 1. The van der Waals surface area contributed by atoms with E-state index in [1.807, 2.05) is 47.8 Å². The van der Waals surface area contributed by atoms with Gasteiger partial charge in [-0.3, -0.25) is 0 Å². The molecule has 1 aromatic heterocycles. The lowest BCUT2D eigenvalue weighted by atomic mass is 10.1. The maximum atomic E-state index is 9.57. The van der Waals surface area contributed by atoms with Crippen LogP contribution in [0.5, 0.6) is 11.5 Å². The Morgan fingerprint density at radius 2 is 2.12 bits per heavy atom. The smallest absolute Gasteiger partial charge is 0.231 e. The number of thiazole rings is 1. The summed E-state index contributed by atoms with van der Waals surface area (Å²) in [5, 5.41) is 12.8. The maximum Gasteiger partial charge on any atom is 0.231 e. The predicted molar refractivity (Wildman–Crippen MR) is 98.6 cm³/mol. The van der Waals surface area contributed by atoms with Crippen LogP contribution in [0.4, 0.5) is 0 Å². The maximum absolute atomic E-state index is 9.57. The first-order valence-corrected chi connectivity index (χ1v) is 8.72. The number of halogens is 1. The van der Waals surface area contributed by atoms with Gasteiger partial charge in [-0.25, -0.2) is 4.98 Å². The fourth-order valence-corrected chi connectivity index (χ4v) is 3.53. The summed E-state index contributed by atoms with van der Waals surface area (Å²) in [6.45, 7) is 0.193. The monoisotopic (exact) mass is 366 g/mol. The summed E-state index contributed by atoms with van der Waals surface area (Å²) in [7, 11) is 0. The Labute approximate surface area is 153 Å². The van der Waals surface area contributed by atoms with Crippen molar-refractivity contribution in [3.8, 4) is 28.8 Å². The number of benzene rings is 2. The summed E-state index contributed by atoms with van der Waals surface area (Å²) in [5.74, 6) is 1.34. The standard InChI is InChI=1S/C19H11ClN2O2S/c20-15-5-1-3-12(8-15)16-10-25-19(22-16)14(9-21)7-13-4-2-6-17-18(13)24-11-23-17/h1-8,10H,11H2/b14-7+. The van der Waals surface area contributed by atoms with Crippen molar-refractivity contribution in [1.29, 1.82) is 5.26 Å². The number of nitrogens with zero attached hydrogens (tertiary/aromatic N) is 2. The van der Waals surface area contributed by atoms with Gasteiger partial charge in [0, 0.05) is 21.5 Å².